The van der Waals surface area contributed by atoms with E-state index in [-0.39, 0.29) is 0 Å². The van der Waals surface area contributed by atoms with Crippen LogP contribution in [-0.2, 0) is 0 Å². The zero-order chi connectivity index (χ0) is 11.3. The molecule has 1 atom stereocenters. The Morgan fingerprint density at radius 2 is 1.73 bits per heavy atom. The van der Waals surface area contributed by atoms with E-state index in [9.17, 15) is 0 Å². The van der Waals surface area contributed by atoms with Crippen LogP contribution in [0, 0.1) is 5.92 Å². The number of hydrogen-bond acceptors (Lipinski definition) is 2. The number of nitrogens with one attached hydrogen (secondary N) is 1. The molecule has 0 bridgehead atoms. The Hall–Kier alpha value is -0.0800. The molecule has 0 spiro atoms. The first-order chi connectivity index (χ1) is 7.17. The lowest BCUT2D eigenvalue weighted by Gasteiger charge is -2.34. The smallest absolute Gasteiger partial charge is 0.00705 e. The van der Waals surface area contributed by atoms with Gasteiger partial charge in [-0.1, -0.05) is 13.8 Å². The maximum Gasteiger partial charge on any atom is 0.00705 e. The summed E-state index contributed by atoms with van der Waals surface area (Å²) in [6.45, 7) is 9.48. The number of rotatable bonds is 5. The van der Waals surface area contributed by atoms with Crippen molar-refractivity contribution in [1.29, 1.82) is 0 Å². The number of nitrogens with zero attached hydrogens (tertiary/aromatic N) is 1. The molecule has 0 aromatic carbocycles. The van der Waals surface area contributed by atoms with Crippen LogP contribution >= 0.6 is 0 Å². The molecule has 0 amide bonds. The van der Waals surface area contributed by atoms with Gasteiger partial charge in [0.25, 0.3) is 0 Å². The largest absolute Gasteiger partial charge is 0.311 e. The van der Waals surface area contributed by atoms with Crippen LogP contribution in [0.25, 0.3) is 0 Å². The van der Waals surface area contributed by atoms with Crippen LogP contribution in [0.1, 0.15) is 46.5 Å². The number of hydrogen-bond donors (Lipinski definition) is 1. The van der Waals surface area contributed by atoms with Gasteiger partial charge in [-0.25, -0.2) is 0 Å². The second-order valence-electron chi connectivity index (χ2n) is 5.11. The molecule has 1 heterocycles. The van der Waals surface area contributed by atoms with Gasteiger partial charge in [-0.15, -0.1) is 0 Å². The predicted molar refractivity (Wildman–Crippen MR) is 67.2 cm³/mol. The third-order valence-electron chi connectivity index (χ3n) is 3.95. The third kappa shape index (κ3) is 4.12. The van der Waals surface area contributed by atoms with Crippen LogP contribution in [0.4, 0.5) is 0 Å². The quantitative estimate of drug-likeness (QED) is 0.753. The van der Waals surface area contributed by atoms with Crippen molar-refractivity contribution in [1.82, 2.24) is 10.2 Å². The number of likely N-dealkylation sites (tertiary alicyclic amines) is 1. The Labute approximate surface area is 95.4 Å². The molecule has 1 fully saturated rings. The Bertz CT molecular complexity index is 158. The molecule has 0 aromatic heterocycles. The van der Waals surface area contributed by atoms with Crippen molar-refractivity contribution in [2.45, 2.75) is 58.5 Å². The molecule has 1 unspecified atom stereocenters. The molecule has 0 aliphatic carbocycles. The van der Waals surface area contributed by atoms with Gasteiger partial charge >= 0.3 is 0 Å². The molecular weight excluding hydrogens is 184 g/mol. The van der Waals surface area contributed by atoms with E-state index < -0.39 is 0 Å². The molecule has 0 radical (unpaired) electrons. The lowest BCUT2D eigenvalue weighted by atomic mass is 9.90. The SMILES string of the molecule is CCC(CC)NC(C)C1CCN(C)CC1. The third-order valence-corrected chi connectivity index (χ3v) is 3.95. The summed E-state index contributed by atoms with van der Waals surface area (Å²) in [5.41, 5.74) is 0. The van der Waals surface area contributed by atoms with E-state index in [1.54, 1.807) is 0 Å². The van der Waals surface area contributed by atoms with Gasteiger partial charge in [0.05, 0.1) is 0 Å². The van der Waals surface area contributed by atoms with Crippen molar-refractivity contribution in [3.63, 3.8) is 0 Å². The normalized spacial score (nSPS) is 22.2. The molecule has 2 nitrogen and oxygen atoms in total. The molecule has 1 aliphatic rings. The van der Waals surface area contributed by atoms with Gasteiger partial charge in [0.2, 0.25) is 0 Å². The van der Waals surface area contributed by atoms with Crippen molar-refractivity contribution in [3.05, 3.63) is 0 Å². The van der Waals surface area contributed by atoms with Crippen LogP contribution < -0.4 is 5.32 Å². The van der Waals surface area contributed by atoms with E-state index in [2.05, 4.69) is 38.0 Å². The minimum atomic E-state index is 0.698. The highest BCUT2D eigenvalue weighted by Crippen LogP contribution is 2.20. The summed E-state index contributed by atoms with van der Waals surface area (Å²) in [5, 5.41) is 3.78. The lowest BCUT2D eigenvalue weighted by Crippen LogP contribution is -2.44. The Morgan fingerprint density at radius 3 is 2.20 bits per heavy atom. The van der Waals surface area contributed by atoms with E-state index in [0.717, 1.165) is 12.0 Å². The maximum atomic E-state index is 3.78. The topological polar surface area (TPSA) is 15.3 Å². The van der Waals surface area contributed by atoms with E-state index in [1.165, 1.54) is 38.8 Å². The van der Waals surface area contributed by atoms with Gasteiger partial charge < -0.3 is 10.2 Å². The molecule has 0 aromatic rings. The highest BCUT2D eigenvalue weighted by molar-refractivity contribution is 4.80. The molecular formula is C13H28N2. The molecule has 1 N–H and O–H groups in total. The summed E-state index contributed by atoms with van der Waals surface area (Å²) >= 11 is 0. The van der Waals surface area contributed by atoms with Crippen LogP contribution in [0.2, 0.25) is 0 Å². The van der Waals surface area contributed by atoms with Crippen molar-refractivity contribution < 1.29 is 0 Å². The monoisotopic (exact) mass is 212 g/mol. The van der Waals surface area contributed by atoms with Gasteiger partial charge in [0.1, 0.15) is 0 Å². The van der Waals surface area contributed by atoms with Crippen LogP contribution in [0.5, 0.6) is 0 Å². The standard InChI is InChI=1S/C13H28N2/c1-5-13(6-2)14-11(3)12-7-9-15(4)10-8-12/h11-14H,5-10H2,1-4H3. The second-order valence-corrected chi connectivity index (χ2v) is 5.11. The van der Waals surface area contributed by atoms with E-state index in [1.807, 2.05) is 0 Å². The highest BCUT2D eigenvalue weighted by Gasteiger charge is 2.23. The molecule has 1 saturated heterocycles. The van der Waals surface area contributed by atoms with E-state index in [4.69, 9.17) is 0 Å². The zero-order valence-electron chi connectivity index (χ0n) is 10.9. The van der Waals surface area contributed by atoms with Crippen LogP contribution in [0.15, 0.2) is 0 Å². The van der Waals surface area contributed by atoms with E-state index in [0.29, 0.717) is 6.04 Å². The molecule has 2 heteroatoms. The number of piperidine rings is 1. The molecule has 1 rings (SSSR count). The summed E-state index contributed by atoms with van der Waals surface area (Å²) in [7, 11) is 2.23. The average molecular weight is 212 g/mol. The van der Waals surface area contributed by atoms with Gasteiger partial charge in [-0.2, -0.15) is 0 Å². The fourth-order valence-corrected chi connectivity index (χ4v) is 2.56. The summed E-state index contributed by atoms with van der Waals surface area (Å²) < 4.78 is 0. The van der Waals surface area contributed by atoms with Gasteiger partial charge in [0, 0.05) is 12.1 Å². The minimum absolute atomic E-state index is 0.698. The summed E-state index contributed by atoms with van der Waals surface area (Å²) in [5.74, 6) is 0.891. The zero-order valence-corrected chi connectivity index (χ0v) is 10.9. The van der Waals surface area contributed by atoms with Crippen molar-refractivity contribution in [2.24, 2.45) is 5.92 Å². The van der Waals surface area contributed by atoms with Crippen molar-refractivity contribution in [3.8, 4) is 0 Å². The maximum absolute atomic E-state index is 3.78. The minimum Gasteiger partial charge on any atom is -0.311 e. The molecule has 15 heavy (non-hydrogen) atoms. The molecule has 1 aliphatic heterocycles. The molecule has 0 saturated carbocycles. The van der Waals surface area contributed by atoms with Gasteiger partial charge in [-0.3, -0.25) is 0 Å². The first kappa shape index (κ1) is 13.0. The summed E-state index contributed by atoms with van der Waals surface area (Å²) in [6.07, 6.45) is 5.25. The van der Waals surface area contributed by atoms with Gasteiger partial charge in [-0.05, 0) is 58.7 Å². The Morgan fingerprint density at radius 1 is 1.20 bits per heavy atom. The lowest BCUT2D eigenvalue weighted by molar-refractivity contribution is 0.182. The fraction of sp³-hybridized carbons (Fsp3) is 1.00. The second kappa shape index (κ2) is 6.49. The Kier molecular flexibility index (Phi) is 5.62. The fourth-order valence-electron chi connectivity index (χ4n) is 2.56. The van der Waals surface area contributed by atoms with Crippen LogP contribution in [0.3, 0.4) is 0 Å². The highest BCUT2D eigenvalue weighted by atomic mass is 15.1. The summed E-state index contributed by atoms with van der Waals surface area (Å²) in [6, 6.07) is 1.42. The molecule has 90 valence electrons. The first-order valence-electron chi connectivity index (χ1n) is 6.61. The van der Waals surface area contributed by atoms with E-state index >= 15 is 0 Å². The average Bonchev–Trinajstić information content (AvgIpc) is 2.26. The predicted octanol–water partition coefficient (Wildman–Crippen LogP) is 2.49. The first-order valence-corrected chi connectivity index (χ1v) is 6.61. The van der Waals surface area contributed by atoms with Crippen molar-refractivity contribution in [2.75, 3.05) is 20.1 Å². The Balaban J connectivity index is 2.30. The van der Waals surface area contributed by atoms with Gasteiger partial charge in [0.15, 0.2) is 0 Å². The van der Waals surface area contributed by atoms with Crippen LogP contribution in [-0.4, -0.2) is 37.1 Å². The summed E-state index contributed by atoms with van der Waals surface area (Å²) in [4.78, 5) is 2.44. The van der Waals surface area contributed by atoms with Crippen molar-refractivity contribution >= 4 is 0 Å².